The zero-order valence-corrected chi connectivity index (χ0v) is 12.4. The quantitative estimate of drug-likeness (QED) is 0.932. The summed E-state index contributed by atoms with van der Waals surface area (Å²) in [5.41, 5.74) is 1.01. The first-order valence-electron chi connectivity index (χ1n) is 5.80. The molecule has 2 rings (SSSR count). The van der Waals surface area contributed by atoms with Crippen molar-refractivity contribution in [1.82, 2.24) is 4.90 Å². The zero-order chi connectivity index (χ0) is 14.8. The highest BCUT2D eigenvalue weighted by molar-refractivity contribution is 7.91. The van der Waals surface area contributed by atoms with Crippen LogP contribution in [0.15, 0.2) is 46.7 Å². The monoisotopic (exact) mass is 310 g/mol. The van der Waals surface area contributed by atoms with E-state index in [0.717, 1.165) is 16.9 Å². The van der Waals surface area contributed by atoms with E-state index in [0.29, 0.717) is 11.4 Å². The molecule has 1 aromatic carbocycles. The summed E-state index contributed by atoms with van der Waals surface area (Å²) < 4.78 is 22.4. The van der Waals surface area contributed by atoms with E-state index in [2.05, 4.69) is 0 Å². The normalized spacial score (nSPS) is 11.3. The van der Waals surface area contributed by atoms with Crippen molar-refractivity contribution in [1.29, 1.82) is 0 Å². The summed E-state index contributed by atoms with van der Waals surface area (Å²) >= 11 is 0.883. The Labute approximate surface area is 121 Å². The summed E-state index contributed by atoms with van der Waals surface area (Å²) in [6, 6.07) is 12.4. The van der Waals surface area contributed by atoms with Crippen LogP contribution in [0.4, 0.5) is 0 Å². The van der Waals surface area contributed by atoms with Crippen molar-refractivity contribution in [2.75, 3.05) is 7.05 Å². The van der Waals surface area contributed by atoms with Crippen LogP contribution >= 0.6 is 11.3 Å². The fraction of sp³-hybridized carbons (Fsp3) is 0.154. The molecule has 1 aromatic heterocycles. The third kappa shape index (κ3) is 3.44. The highest BCUT2D eigenvalue weighted by Gasteiger charge is 2.18. The van der Waals surface area contributed by atoms with Crippen LogP contribution in [-0.2, 0) is 16.6 Å². The Balaban J connectivity index is 2.13. The molecular weight excluding hydrogens is 296 g/mol. The molecule has 5 nitrogen and oxygen atoms in total. The number of primary sulfonamides is 1. The van der Waals surface area contributed by atoms with E-state index in [1.807, 2.05) is 30.3 Å². The first kappa shape index (κ1) is 14.7. The number of rotatable bonds is 4. The van der Waals surface area contributed by atoms with Crippen molar-refractivity contribution in [3.8, 4) is 0 Å². The van der Waals surface area contributed by atoms with Gasteiger partial charge in [0.1, 0.15) is 4.21 Å². The second-order valence-corrected chi connectivity index (χ2v) is 7.18. The molecule has 7 heteroatoms. The minimum Gasteiger partial charge on any atom is -0.337 e. The van der Waals surface area contributed by atoms with Crippen LogP contribution in [0.25, 0.3) is 0 Å². The van der Waals surface area contributed by atoms with Crippen LogP contribution in [0.3, 0.4) is 0 Å². The minimum absolute atomic E-state index is 0.00559. The van der Waals surface area contributed by atoms with E-state index in [9.17, 15) is 13.2 Å². The lowest BCUT2D eigenvalue weighted by Crippen LogP contribution is -2.25. The molecule has 0 unspecified atom stereocenters. The van der Waals surface area contributed by atoms with Crippen LogP contribution in [0.5, 0.6) is 0 Å². The van der Waals surface area contributed by atoms with Crippen molar-refractivity contribution < 1.29 is 13.2 Å². The van der Waals surface area contributed by atoms with Gasteiger partial charge < -0.3 is 4.90 Å². The average molecular weight is 310 g/mol. The Morgan fingerprint density at radius 1 is 1.20 bits per heavy atom. The van der Waals surface area contributed by atoms with Crippen molar-refractivity contribution >= 4 is 27.3 Å². The Morgan fingerprint density at radius 2 is 1.85 bits per heavy atom. The van der Waals surface area contributed by atoms with Gasteiger partial charge in [0, 0.05) is 13.6 Å². The molecule has 2 N–H and O–H groups in total. The standard InChI is InChI=1S/C13H14N2O3S2/c1-15(9-10-5-3-2-4-6-10)13(16)11-7-8-12(19-11)20(14,17)18/h2-8H,9H2,1H3,(H2,14,17,18). The fourth-order valence-corrected chi connectivity index (χ4v) is 3.43. The Hall–Kier alpha value is -1.70. The number of hydrogen-bond donors (Lipinski definition) is 1. The van der Waals surface area contributed by atoms with E-state index >= 15 is 0 Å². The summed E-state index contributed by atoms with van der Waals surface area (Å²) in [4.78, 5) is 14.1. The highest BCUT2D eigenvalue weighted by atomic mass is 32.2. The van der Waals surface area contributed by atoms with Gasteiger partial charge in [0.15, 0.2) is 0 Å². The Bertz CT molecular complexity index is 708. The van der Waals surface area contributed by atoms with Gasteiger partial charge in [0.2, 0.25) is 10.0 Å². The number of amides is 1. The summed E-state index contributed by atoms with van der Waals surface area (Å²) in [6.07, 6.45) is 0. The molecule has 0 bridgehead atoms. The van der Waals surface area contributed by atoms with Crippen LogP contribution in [0, 0.1) is 0 Å². The number of hydrogen-bond acceptors (Lipinski definition) is 4. The molecule has 20 heavy (non-hydrogen) atoms. The molecule has 0 aliphatic heterocycles. The van der Waals surface area contributed by atoms with Gasteiger partial charge in [-0.25, -0.2) is 13.6 Å². The number of carbonyl (C=O) groups is 1. The number of sulfonamides is 1. The van der Waals surface area contributed by atoms with Crippen molar-refractivity contribution in [2.24, 2.45) is 5.14 Å². The molecule has 2 aromatic rings. The molecule has 1 amide bonds. The SMILES string of the molecule is CN(Cc1ccccc1)C(=O)c1ccc(S(N)(=O)=O)s1. The van der Waals surface area contributed by atoms with Gasteiger partial charge >= 0.3 is 0 Å². The topological polar surface area (TPSA) is 80.5 Å². The summed E-state index contributed by atoms with van der Waals surface area (Å²) in [6.45, 7) is 0.461. The van der Waals surface area contributed by atoms with Crippen molar-refractivity contribution in [3.05, 3.63) is 52.9 Å². The van der Waals surface area contributed by atoms with Gasteiger partial charge in [-0.3, -0.25) is 4.79 Å². The lowest BCUT2D eigenvalue weighted by molar-refractivity contribution is 0.0790. The Kier molecular flexibility index (Phi) is 4.22. The lowest BCUT2D eigenvalue weighted by atomic mass is 10.2. The molecule has 0 fully saturated rings. The van der Waals surface area contributed by atoms with Gasteiger partial charge in [0.25, 0.3) is 5.91 Å². The Morgan fingerprint density at radius 3 is 2.40 bits per heavy atom. The first-order valence-corrected chi connectivity index (χ1v) is 8.16. The van der Waals surface area contributed by atoms with Crippen molar-refractivity contribution in [2.45, 2.75) is 10.8 Å². The van der Waals surface area contributed by atoms with Gasteiger partial charge in [0.05, 0.1) is 4.88 Å². The van der Waals surface area contributed by atoms with Crippen LogP contribution in [-0.4, -0.2) is 26.3 Å². The molecule has 0 saturated carbocycles. The first-order chi connectivity index (χ1) is 9.38. The van der Waals surface area contributed by atoms with Crippen LogP contribution < -0.4 is 5.14 Å². The second-order valence-electron chi connectivity index (χ2n) is 4.31. The third-order valence-electron chi connectivity index (χ3n) is 2.68. The number of nitrogens with zero attached hydrogens (tertiary/aromatic N) is 1. The van der Waals surface area contributed by atoms with Gasteiger partial charge in [-0.1, -0.05) is 30.3 Å². The average Bonchev–Trinajstić information content (AvgIpc) is 2.88. The van der Waals surface area contributed by atoms with Crippen molar-refractivity contribution in [3.63, 3.8) is 0 Å². The largest absolute Gasteiger partial charge is 0.337 e. The highest BCUT2D eigenvalue weighted by Crippen LogP contribution is 2.21. The summed E-state index contributed by atoms with van der Waals surface area (Å²) in [5.74, 6) is -0.228. The smallest absolute Gasteiger partial charge is 0.264 e. The van der Waals surface area contributed by atoms with E-state index in [1.165, 1.54) is 17.0 Å². The molecule has 0 aliphatic carbocycles. The van der Waals surface area contributed by atoms with E-state index in [1.54, 1.807) is 7.05 Å². The number of carbonyl (C=O) groups excluding carboxylic acids is 1. The van der Waals surface area contributed by atoms with E-state index in [-0.39, 0.29) is 10.1 Å². The van der Waals surface area contributed by atoms with Crippen LogP contribution in [0.2, 0.25) is 0 Å². The number of benzene rings is 1. The lowest BCUT2D eigenvalue weighted by Gasteiger charge is -2.16. The van der Waals surface area contributed by atoms with Gasteiger partial charge in [-0.2, -0.15) is 0 Å². The molecule has 0 radical (unpaired) electrons. The molecule has 0 aliphatic rings. The minimum atomic E-state index is -3.75. The molecular formula is C13H14N2O3S2. The maximum absolute atomic E-state index is 12.2. The number of nitrogens with two attached hydrogens (primary N) is 1. The van der Waals surface area contributed by atoms with Gasteiger partial charge in [-0.15, -0.1) is 11.3 Å². The maximum atomic E-state index is 12.2. The summed E-state index contributed by atoms with van der Waals surface area (Å²) in [7, 11) is -2.08. The molecule has 106 valence electrons. The second kappa shape index (κ2) is 5.74. The predicted molar refractivity (Wildman–Crippen MR) is 77.9 cm³/mol. The molecule has 0 spiro atoms. The molecule has 0 atom stereocenters. The van der Waals surface area contributed by atoms with Crippen LogP contribution in [0.1, 0.15) is 15.2 Å². The zero-order valence-electron chi connectivity index (χ0n) is 10.8. The molecule has 0 saturated heterocycles. The van der Waals surface area contributed by atoms with E-state index in [4.69, 9.17) is 5.14 Å². The predicted octanol–water partition coefficient (Wildman–Crippen LogP) is 1.67. The molecule has 1 heterocycles. The fourth-order valence-electron chi connectivity index (χ4n) is 1.71. The number of thiophene rings is 1. The maximum Gasteiger partial charge on any atom is 0.264 e. The van der Waals surface area contributed by atoms with E-state index < -0.39 is 10.0 Å². The summed E-state index contributed by atoms with van der Waals surface area (Å²) in [5, 5.41) is 5.03. The van der Waals surface area contributed by atoms with Gasteiger partial charge in [-0.05, 0) is 17.7 Å². The third-order valence-corrected chi connectivity index (χ3v) is 5.19.